The van der Waals surface area contributed by atoms with Crippen LogP contribution in [-0.2, 0) is 0 Å². The molecular weight excluding hydrogens is 215 g/mol. The number of hydrogen-bond donors (Lipinski definition) is 0. The monoisotopic (exact) mass is 217 g/mol. The summed E-state index contributed by atoms with van der Waals surface area (Å²) >= 11 is 0. The minimum absolute atomic E-state index is 0.311. The molecule has 0 amide bonds. The van der Waals surface area contributed by atoms with Crippen LogP contribution in [0.5, 0.6) is 0 Å². The minimum atomic E-state index is -3.12. The molecule has 1 aromatic heterocycles. The summed E-state index contributed by atoms with van der Waals surface area (Å²) in [5.74, 6) is -1.55. The third kappa shape index (κ3) is 2.01. The SMILES string of the molecule is N#Cc1nc(F)c([N+](=O)[O-])cc1C(F)F. The van der Waals surface area contributed by atoms with Crippen LogP contribution in [0.4, 0.5) is 18.9 Å². The van der Waals surface area contributed by atoms with Crippen molar-refractivity contribution in [1.29, 1.82) is 5.26 Å². The molecule has 0 spiro atoms. The zero-order valence-corrected chi connectivity index (χ0v) is 6.95. The summed E-state index contributed by atoms with van der Waals surface area (Å²) in [6.45, 7) is 0. The lowest BCUT2D eigenvalue weighted by Gasteiger charge is -2.01. The molecule has 0 bridgehead atoms. The number of rotatable bonds is 2. The van der Waals surface area contributed by atoms with E-state index >= 15 is 0 Å². The van der Waals surface area contributed by atoms with Gasteiger partial charge in [0, 0.05) is 6.07 Å². The van der Waals surface area contributed by atoms with Gasteiger partial charge in [-0.15, -0.1) is 0 Å². The number of aromatic nitrogens is 1. The molecule has 1 heterocycles. The highest BCUT2D eigenvalue weighted by molar-refractivity contribution is 5.41. The smallest absolute Gasteiger partial charge is 0.258 e. The summed E-state index contributed by atoms with van der Waals surface area (Å²) < 4.78 is 37.3. The fourth-order valence-electron chi connectivity index (χ4n) is 0.879. The molecule has 1 rings (SSSR count). The predicted octanol–water partition coefficient (Wildman–Crippen LogP) is 1.94. The van der Waals surface area contributed by atoms with E-state index in [2.05, 4.69) is 4.98 Å². The summed E-state index contributed by atoms with van der Waals surface area (Å²) in [7, 11) is 0. The molecule has 0 unspecified atom stereocenters. The second-order valence-corrected chi connectivity index (χ2v) is 2.41. The van der Waals surface area contributed by atoms with Crippen LogP contribution in [0.15, 0.2) is 6.07 Å². The Morgan fingerprint density at radius 1 is 1.60 bits per heavy atom. The summed E-state index contributed by atoms with van der Waals surface area (Å²) in [5, 5.41) is 18.5. The average molecular weight is 217 g/mol. The predicted molar refractivity (Wildman–Crippen MR) is 40.5 cm³/mol. The van der Waals surface area contributed by atoms with Gasteiger partial charge in [-0.3, -0.25) is 10.1 Å². The van der Waals surface area contributed by atoms with E-state index in [1.54, 1.807) is 0 Å². The van der Waals surface area contributed by atoms with Crippen molar-refractivity contribution in [3.05, 3.63) is 33.4 Å². The maximum atomic E-state index is 12.8. The highest BCUT2D eigenvalue weighted by Crippen LogP contribution is 2.26. The standard InChI is InChI=1S/C7H2F3N3O2/c8-6(9)3-1-5(13(14)15)7(10)12-4(3)2-11/h1,6H. The molecule has 0 atom stereocenters. The first kappa shape index (κ1) is 10.9. The van der Waals surface area contributed by atoms with Gasteiger partial charge in [-0.2, -0.15) is 9.65 Å². The molecule has 8 heteroatoms. The van der Waals surface area contributed by atoms with Crippen molar-refractivity contribution in [2.24, 2.45) is 0 Å². The molecular formula is C7H2F3N3O2. The first-order valence-corrected chi connectivity index (χ1v) is 3.50. The van der Waals surface area contributed by atoms with Crippen molar-refractivity contribution in [2.75, 3.05) is 0 Å². The average Bonchev–Trinajstić information content (AvgIpc) is 2.16. The molecule has 0 N–H and O–H groups in total. The van der Waals surface area contributed by atoms with E-state index < -0.39 is 34.2 Å². The van der Waals surface area contributed by atoms with Crippen LogP contribution in [0, 0.1) is 27.4 Å². The second kappa shape index (κ2) is 3.91. The van der Waals surface area contributed by atoms with Crippen LogP contribution >= 0.6 is 0 Å². The van der Waals surface area contributed by atoms with Crippen LogP contribution < -0.4 is 0 Å². The van der Waals surface area contributed by atoms with Gasteiger partial charge in [-0.25, -0.2) is 13.8 Å². The van der Waals surface area contributed by atoms with Gasteiger partial charge in [-0.1, -0.05) is 0 Å². The van der Waals surface area contributed by atoms with E-state index in [1.165, 1.54) is 6.07 Å². The Bertz CT molecular complexity index is 456. The lowest BCUT2D eigenvalue weighted by molar-refractivity contribution is -0.388. The molecule has 0 aliphatic heterocycles. The molecule has 15 heavy (non-hydrogen) atoms. The molecule has 1 aromatic rings. The first-order valence-electron chi connectivity index (χ1n) is 3.50. The Morgan fingerprint density at radius 3 is 2.60 bits per heavy atom. The van der Waals surface area contributed by atoms with Crippen LogP contribution in [0.2, 0.25) is 0 Å². The van der Waals surface area contributed by atoms with E-state index in [9.17, 15) is 23.3 Å². The molecule has 0 aliphatic rings. The van der Waals surface area contributed by atoms with Gasteiger partial charge >= 0.3 is 5.69 Å². The molecule has 0 aromatic carbocycles. The molecule has 0 fully saturated rings. The maximum absolute atomic E-state index is 12.8. The van der Waals surface area contributed by atoms with Crippen molar-refractivity contribution in [3.8, 4) is 6.07 Å². The van der Waals surface area contributed by atoms with Crippen molar-refractivity contribution >= 4 is 5.69 Å². The fraction of sp³-hybridized carbons (Fsp3) is 0.143. The highest BCUT2D eigenvalue weighted by atomic mass is 19.3. The molecule has 5 nitrogen and oxygen atoms in total. The lowest BCUT2D eigenvalue weighted by atomic mass is 10.2. The van der Waals surface area contributed by atoms with Gasteiger partial charge in [0.2, 0.25) is 0 Å². The summed E-state index contributed by atoms with van der Waals surface area (Å²) in [6, 6.07) is 1.54. The van der Waals surface area contributed by atoms with Crippen LogP contribution in [-0.4, -0.2) is 9.91 Å². The zero-order valence-electron chi connectivity index (χ0n) is 6.95. The van der Waals surface area contributed by atoms with Gasteiger partial charge < -0.3 is 0 Å². The molecule has 0 radical (unpaired) electrons. The van der Waals surface area contributed by atoms with Gasteiger partial charge in [0.25, 0.3) is 12.4 Å². The van der Waals surface area contributed by atoms with Crippen molar-refractivity contribution in [1.82, 2.24) is 4.98 Å². The van der Waals surface area contributed by atoms with E-state index in [0.29, 0.717) is 6.07 Å². The third-order valence-electron chi connectivity index (χ3n) is 1.52. The summed E-state index contributed by atoms with van der Waals surface area (Å²) in [5.41, 5.74) is -2.98. The van der Waals surface area contributed by atoms with Gasteiger partial charge in [0.15, 0.2) is 5.69 Å². The van der Waals surface area contributed by atoms with E-state index in [4.69, 9.17) is 5.26 Å². The molecule has 0 saturated carbocycles. The van der Waals surface area contributed by atoms with Crippen molar-refractivity contribution in [3.63, 3.8) is 0 Å². The zero-order chi connectivity index (χ0) is 11.6. The Labute approximate surface area is 80.9 Å². The molecule has 0 aliphatic carbocycles. The number of hydrogen-bond acceptors (Lipinski definition) is 4. The van der Waals surface area contributed by atoms with E-state index in [-0.39, 0.29) is 0 Å². The third-order valence-corrected chi connectivity index (χ3v) is 1.52. The highest BCUT2D eigenvalue weighted by Gasteiger charge is 2.24. The normalized spacial score (nSPS) is 10.1. The van der Waals surface area contributed by atoms with Crippen LogP contribution in [0.25, 0.3) is 0 Å². The van der Waals surface area contributed by atoms with E-state index in [1.807, 2.05) is 0 Å². The van der Waals surface area contributed by atoms with E-state index in [0.717, 1.165) is 0 Å². The van der Waals surface area contributed by atoms with Gasteiger partial charge in [-0.05, 0) is 0 Å². The van der Waals surface area contributed by atoms with Crippen molar-refractivity contribution in [2.45, 2.75) is 6.43 Å². The lowest BCUT2D eigenvalue weighted by Crippen LogP contribution is -2.02. The Hall–Kier alpha value is -2.17. The summed E-state index contributed by atoms with van der Waals surface area (Å²) in [6.07, 6.45) is -3.12. The second-order valence-electron chi connectivity index (χ2n) is 2.41. The van der Waals surface area contributed by atoms with Crippen LogP contribution in [0.3, 0.4) is 0 Å². The molecule has 78 valence electrons. The largest absolute Gasteiger partial charge is 0.324 e. The maximum Gasteiger partial charge on any atom is 0.324 e. The van der Waals surface area contributed by atoms with Gasteiger partial charge in [0.05, 0.1) is 10.5 Å². The quantitative estimate of drug-likeness (QED) is 0.430. The fourth-order valence-corrected chi connectivity index (χ4v) is 0.879. The number of pyridine rings is 1. The Morgan fingerprint density at radius 2 is 2.20 bits per heavy atom. The number of alkyl halides is 2. The van der Waals surface area contributed by atoms with Crippen LogP contribution in [0.1, 0.15) is 17.7 Å². The first-order chi connectivity index (χ1) is 6.97. The topological polar surface area (TPSA) is 79.8 Å². The number of nitriles is 1. The van der Waals surface area contributed by atoms with Crippen molar-refractivity contribution < 1.29 is 18.1 Å². The Balaban J connectivity index is 3.45. The number of nitrogens with zero attached hydrogens (tertiary/aromatic N) is 3. The minimum Gasteiger partial charge on any atom is -0.258 e. The summed E-state index contributed by atoms with van der Waals surface area (Å²) in [4.78, 5) is 11.8. The molecule has 0 saturated heterocycles. The Kier molecular flexibility index (Phi) is 2.85. The number of nitro groups is 1. The van der Waals surface area contributed by atoms with Gasteiger partial charge in [0.1, 0.15) is 6.07 Å². The number of halogens is 3.